The molecule has 0 amide bonds. The summed E-state index contributed by atoms with van der Waals surface area (Å²) in [6.45, 7) is 1.91. The van der Waals surface area contributed by atoms with Crippen LogP contribution >= 0.6 is 0 Å². The zero-order valence-electron chi connectivity index (χ0n) is 19.1. The first kappa shape index (κ1) is 22.3. The number of ether oxygens (including phenoxy) is 2. The van der Waals surface area contributed by atoms with E-state index in [-0.39, 0.29) is 22.6 Å². The molecule has 0 bridgehead atoms. The summed E-state index contributed by atoms with van der Waals surface area (Å²) in [5.74, 6) is 0.831. The minimum absolute atomic E-state index is 0.0216. The Kier molecular flexibility index (Phi) is 5.57. The summed E-state index contributed by atoms with van der Waals surface area (Å²) in [7, 11) is -1.13. The lowest BCUT2D eigenvalue weighted by molar-refractivity contribution is 0.353. The number of hydrogen-bond acceptors (Lipinski definition) is 9. The molecule has 0 atom stereocenters. The molecule has 178 valence electrons. The van der Waals surface area contributed by atoms with Crippen LogP contribution in [0.4, 0.5) is 17.3 Å². The molecule has 2 N–H and O–H groups in total. The molecule has 0 spiro atoms. The number of anilines is 3. The van der Waals surface area contributed by atoms with E-state index in [9.17, 15) is 8.42 Å². The maximum absolute atomic E-state index is 12.9. The molecule has 2 aromatic carbocycles. The van der Waals surface area contributed by atoms with Gasteiger partial charge in [-0.25, -0.2) is 17.9 Å². The third kappa shape index (κ3) is 4.38. The van der Waals surface area contributed by atoms with Crippen molar-refractivity contribution in [1.82, 2.24) is 24.6 Å². The summed E-state index contributed by atoms with van der Waals surface area (Å²) in [6, 6.07) is 17.3. The second-order valence-corrected chi connectivity index (χ2v) is 9.25. The highest BCUT2D eigenvalue weighted by molar-refractivity contribution is 7.92. The SMILES string of the molecule is COc1cc(NS(=O)(=O)c2ccc(Nc3nc4cc(C)nn4c4ccccc34)cc2)nc(OC)n1. The average Bonchev–Trinajstić information content (AvgIpc) is 3.24. The second-order valence-electron chi connectivity index (χ2n) is 7.57. The number of para-hydroxylation sites is 1. The molecule has 0 aliphatic carbocycles. The number of methoxy groups -OCH3 is 2. The van der Waals surface area contributed by atoms with Crippen molar-refractivity contribution < 1.29 is 17.9 Å². The number of benzene rings is 2. The molecular weight excluding hydrogens is 470 g/mol. The van der Waals surface area contributed by atoms with Gasteiger partial charge >= 0.3 is 6.01 Å². The van der Waals surface area contributed by atoms with Gasteiger partial charge < -0.3 is 14.8 Å². The standard InChI is InChI=1S/C23H21N7O4S/c1-14-12-20-26-22(17-6-4-5-7-18(17)30(20)28-14)24-15-8-10-16(11-9-15)35(31,32)29-19-13-21(33-2)27-23(25-19)34-3/h4-13H,1-3H3,(H,24,26)(H,25,27,29). The highest BCUT2D eigenvalue weighted by Crippen LogP contribution is 2.27. The number of fused-ring (bicyclic) bond motifs is 3. The van der Waals surface area contributed by atoms with E-state index in [1.807, 2.05) is 37.3 Å². The minimum Gasteiger partial charge on any atom is -0.481 e. The van der Waals surface area contributed by atoms with E-state index in [0.29, 0.717) is 17.2 Å². The van der Waals surface area contributed by atoms with E-state index in [4.69, 9.17) is 14.5 Å². The molecule has 5 rings (SSSR count). The zero-order chi connectivity index (χ0) is 24.6. The molecule has 12 heteroatoms. The number of aromatic nitrogens is 5. The van der Waals surface area contributed by atoms with Gasteiger partial charge in [0.05, 0.1) is 30.3 Å². The lowest BCUT2D eigenvalue weighted by Gasteiger charge is -2.12. The van der Waals surface area contributed by atoms with Gasteiger partial charge in [-0.15, -0.1) is 0 Å². The van der Waals surface area contributed by atoms with Crippen LogP contribution in [0.5, 0.6) is 11.9 Å². The maximum Gasteiger partial charge on any atom is 0.321 e. The molecule has 0 aliphatic heterocycles. The maximum atomic E-state index is 12.9. The Morgan fingerprint density at radius 3 is 2.43 bits per heavy atom. The van der Waals surface area contributed by atoms with Crippen molar-refractivity contribution >= 4 is 43.9 Å². The molecule has 5 aromatic rings. The number of hydrogen-bond donors (Lipinski definition) is 2. The molecule has 11 nitrogen and oxygen atoms in total. The predicted molar refractivity (Wildman–Crippen MR) is 131 cm³/mol. The van der Waals surface area contributed by atoms with Gasteiger partial charge in [-0.1, -0.05) is 12.1 Å². The molecule has 0 unspecified atom stereocenters. The van der Waals surface area contributed by atoms with Crippen molar-refractivity contribution in [3.63, 3.8) is 0 Å². The minimum atomic E-state index is -3.92. The Balaban J connectivity index is 1.43. The van der Waals surface area contributed by atoms with Crippen LogP contribution < -0.4 is 19.5 Å². The van der Waals surface area contributed by atoms with Gasteiger partial charge in [0, 0.05) is 23.2 Å². The van der Waals surface area contributed by atoms with Gasteiger partial charge in [0.15, 0.2) is 11.5 Å². The van der Waals surface area contributed by atoms with Crippen LogP contribution in [0.3, 0.4) is 0 Å². The predicted octanol–water partition coefficient (Wildman–Crippen LogP) is 3.54. The molecule has 0 saturated heterocycles. The average molecular weight is 492 g/mol. The van der Waals surface area contributed by atoms with Crippen LogP contribution in [0, 0.1) is 6.92 Å². The first-order valence-electron chi connectivity index (χ1n) is 10.5. The fourth-order valence-electron chi connectivity index (χ4n) is 3.57. The van der Waals surface area contributed by atoms with Crippen LogP contribution in [-0.4, -0.2) is 47.2 Å². The normalized spacial score (nSPS) is 11.5. The third-order valence-corrected chi connectivity index (χ3v) is 6.54. The number of rotatable bonds is 7. The van der Waals surface area contributed by atoms with Crippen molar-refractivity contribution in [2.45, 2.75) is 11.8 Å². The van der Waals surface area contributed by atoms with Crippen LogP contribution in [-0.2, 0) is 10.0 Å². The molecule has 35 heavy (non-hydrogen) atoms. The Morgan fingerprint density at radius 1 is 0.914 bits per heavy atom. The molecule has 0 aliphatic rings. The van der Waals surface area contributed by atoms with Gasteiger partial charge in [0.2, 0.25) is 5.88 Å². The molecule has 0 saturated carbocycles. The Labute approximate surface area is 200 Å². The number of nitrogens with zero attached hydrogens (tertiary/aromatic N) is 5. The van der Waals surface area contributed by atoms with Crippen LogP contribution in [0.1, 0.15) is 5.69 Å². The Morgan fingerprint density at radius 2 is 1.69 bits per heavy atom. The van der Waals surface area contributed by atoms with Crippen molar-refractivity contribution in [3.05, 3.63) is 66.4 Å². The smallest absolute Gasteiger partial charge is 0.321 e. The van der Waals surface area contributed by atoms with Crippen molar-refractivity contribution in [3.8, 4) is 11.9 Å². The first-order chi connectivity index (χ1) is 16.9. The summed E-state index contributed by atoms with van der Waals surface area (Å²) in [6.07, 6.45) is 0. The van der Waals surface area contributed by atoms with Gasteiger partial charge in [-0.05, 0) is 43.3 Å². The summed E-state index contributed by atoms with van der Waals surface area (Å²) >= 11 is 0. The van der Waals surface area contributed by atoms with Gasteiger partial charge in [-0.2, -0.15) is 15.1 Å². The quantitative estimate of drug-likeness (QED) is 0.351. The van der Waals surface area contributed by atoms with E-state index < -0.39 is 10.0 Å². The number of nitrogens with one attached hydrogen (secondary N) is 2. The largest absolute Gasteiger partial charge is 0.481 e. The van der Waals surface area contributed by atoms with Gasteiger partial charge in [0.1, 0.15) is 5.82 Å². The first-order valence-corrected chi connectivity index (χ1v) is 12.0. The molecule has 3 aromatic heterocycles. The lowest BCUT2D eigenvalue weighted by atomic mass is 10.2. The Hall–Kier alpha value is -4.45. The van der Waals surface area contributed by atoms with E-state index in [2.05, 4.69) is 25.1 Å². The highest BCUT2D eigenvalue weighted by Gasteiger charge is 2.17. The van der Waals surface area contributed by atoms with Crippen LogP contribution in [0.15, 0.2) is 65.6 Å². The van der Waals surface area contributed by atoms with E-state index >= 15 is 0 Å². The van der Waals surface area contributed by atoms with Crippen molar-refractivity contribution in [2.75, 3.05) is 24.3 Å². The van der Waals surface area contributed by atoms with Gasteiger partial charge in [0.25, 0.3) is 10.0 Å². The summed E-state index contributed by atoms with van der Waals surface area (Å²) < 4.78 is 40.1. The fourth-order valence-corrected chi connectivity index (χ4v) is 4.57. The van der Waals surface area contributed by atoms with E-state index in [0.717, 1.165) is 16.6 Å². The highest BCUT2D eigenvalue weighted by atomic mass is 32.2. The van der Waals surface area contributed by atoms with Crippen molar-refractivity contribution in [2.24, 2.45) is 0 Å². The van der Waals surface area contributed by atoms with E-state index in [1.165, 1.54) is 32.4 Å². The second kappa shape index (κ2) is 8.72. The summed E-state index contributed by atoms with van der Waals surface area (Å²) in [5.41, 5.74) is 3.16. The number of aryl methyl sites for hydroxylation is 1. The van der Waals surface area contributed by atoms with Crippen LogP contribution in [0.25, 0.3) is 16.6 Å². The number of sulfonamides is 1. The fraction of sp³-hybridized carbons (Fsp3) is 0.130. The van der Waals surface area contributed by atoms with Crippen molar-refractivity contribution in [1.29, 1.82) is 0 Å². The van der Waals surface area contributed by atoms with E-state index in [1.54, 1.807) is 16.6 Å². The molecule has 0 radical (unpaired) electrons. The zero-order valence-corrected chi connectivity index (χ0v) is 19.9. The molecular formula is C23H21N7O4S. The lowest BCUT2D eigenvalue weighted by Crippen LogP contribution is -2.14. The third-order valence-electron chi connectivity index (χ3n) is 5.17. The Bertz CT molecular complexity index is 1630. The summed E-state index contributed by atoms with van der Waals surface area (Å²) in [4.78, 5) is 12.7. The van der Waals surface area contributed by atoms with Crippen LogP contribution in [0.2, 0.25) is 0 Å². The monoisotopic (exact) mass is 491 g/mol. The topological polar surface area (TPSA) is 133 Å². The summed E-state index contributed by atoms with van der Waals surface area (Å²) in [5, 5.41) is 8.68. The molecule has 3 heterocycles. The van der Waals surface area contributed by atoms with Gasteiger partial charge in [-0.3, -0.25) is 4.72 Å². The molecule has 0 fully saturated rings.